The Labute approximate surface area is 106 Å². The van der Waals surface area contributed by atoms with Crippen molar-refractivity contribution in [2.75, 3.05) is 11.1 Å². The topological polar surface area (TPSA) is 118 Å². The molecular formula is C6H6ClN3O5S2. The van der Waals surface area contributed by atoms with Gasteiger partial charge in [0.15, 0.2) is 11.0 Å². The molecule has 0 unspecified atom stereocenters. The SMILES string of the molecule is O=C(CSOS(=O)(=O)O)Nc1ccc(Cl)nn1. The van der Waals surface area contributed by atoms with Crippen LogP contribution < -0.4 is 5.32 Å². The first-order chi connectivity index (χ1) is 7.87. The van der Waals surface area contributed by atoms with Gasteiger partial charge in [-0.25, -0.2) is 0 Å². The molecule has 94 valence electrons. The molecule has 0 atom stereocenters. The Balaban J connectivity index is 2.37. The van der Waals surface area contributed by atoms with Crippen molar-refractivity contribution in [3.63, 3.8) is 0 Å². The van der Waals surface area contributed by atoms with Gasteiger partial charge in [0, 0.05) is 12.0 Å². The molecule has 0 fully saturated rings. The highest BCUT2D eigenvalue weighted by molar-refractivity contribution is 8.03. The highest BCUT2D eigenvalue weighted by atomic mass is 35.5. The van der Waals surface area contributed by atoms with E-state index in [1.165, 1.54) is 12.1 Å². The van der Waals surface area contributed by atoms with Crippen molar-refractivity contribution < 1.29 is 21.4 Å². The summed E-state index contributed by atoms with van der Waals surface area (Å²) in [6, 6.07) is 2.84. The van der Waals surface area contributed by atoms with Gasteiger partial charge in [0.25, 0.3) is 0 Å². The van der Waals surface area contributed by atoms with Gasteiger partial charge >= 0.3 is 10.4 Å². The van der Waals surface area contributed by atoms with Crippen molar-refractivity contribution in [2.24, 2.45) is 0 Å². The fraction of sp³-hybridized carbons (Fsp3) is 0.167. The summed E-state index contributed by atoms with van der Waals surface area (Å²) >= 11 is 5.74. The van der Waals surface area contributed by atoms with Crippen molar-refractivity contribution in [3.8, 4) is 0 Å². The van der Waals surface area contributed by atoms with Crippen LogP contribution in [0.2, 0.25) is 5.15 Å². The summed E-state index contributed by atoms with van der Waals surface area (Å²) < 4.78 is 32.4. The number of carbonyl (C=O) groups excluding carboxylic acids is 1. The van der Waals surface area contributed by atoms with E-state index in [-0.39, 0.29) is 28.8 Å². The van der Waals surface area contributed by atoms with Crippen LogP contribution in [-0.4, -0.2) is 34.8 Å². The van der Waals surface area contributed by atoms with Crippen LogP contribution in [0.5, 0.6) is 0 Å². The molecule has 1 aromatic heterocycles. The van der Waals surface area contributed by atoms with Crippen LogP contribution >= 0.6 is 23.6 Å². The molecule has 8 nitrogen and oxygen atoms in total. The van der Waals surface area contributed by atoms with Crippen LogP contribution in [0.15, 0.2) is 12.1 Å². The third-order valence-corrected chi connectivity index (χ3v) is 2.88. The van der Waals surface area contributed by atoms with Gasteiger partial charge in [-0.1, -0.05) is 11.6 Å². The van der Waals surface area contributed by atoms with E-state index in [1.807, 2.05) is 0 Å². The summed E-state index contributed by atoms with van der Waals surface area (Å²) in [5, 5.41) is 9.50. The number of hydrogen-bond acceptors (Lipinski definition) is 7. The summed E-state index contributed by atoms with van der Waals surface area (Å²) in [4.78, 5) is 11.2. The molecule has 0 saturated carbocycles. The van der Waals surface area contributed by atoms with E-state index >= 15 is 0 Å². The normalized spacial score (nSPS) is 11.2. The number of aromatic nitrogens is 2. The number of nitrogens with one attached hydrogen (secondary N) is 1. The van der Waals surface area contributed by atoms with Crippen molar-refractivity contribution in [1.82, 2.24) is 10.2 Å². The standard InChI is InChI=1S/C6H6ClN3O5S2/c7-4-1-2-5(10-9-4)8-6(11)3-16-15-17(12,13)14/h1-2H,3H2,(H,8,10,11)(H,12,13,14). The minimum atomic E-state index is -4.56. The second-order valence-corrected chi connectivity index (χ2v) is 4.86. The number of halogens is 1. The Morgan fingerprint density at radius 1 is 1.53 bits per heavy atom. The molecule has 1 amide bonds. The zero-order chi connectivity index (χ0) is 12.9. The van der Waals surface area contributed by atoms with E-state index in [0.29, 0.717) is 0 Å². The summed E-state index contributed by atoms with van der Waals surface area (Å²) in [6.45, 7) is 0. The van der Waals surface area contributed by atoms with Crippen molar-refractivity contribution in [3.05, 3.63) is 17.3 Å². The van der Waals surface area contributed by atoms with Crippen LogP contribution in [0.3, 0.4) is 0 Å². The molecule has 0 spiro atoms. The highest BCUT2D eigenvalue weighted by Gasteiger charge is 2.09. The summed E-state index contributed by atoms with van der Waals surface area (Å²) in [6.07, 6.45) is 0. The van der Waals surface area contributed by atoms with Gasteiger partial charge in [0.2, 0.25) is 5.91 Å². The van der Waals surface area contributed by atoms with Gasteiger partial charge in [0.05, 0.1) is 0 Å². The smallest absolute Gasteiger partial charge is 0.308 e. The van der Waals surface area contributed by atoms with Gasteiger partial charge in [0.1, 0.15) is 5.75 Å². The molecule has 0 bridgehead atoms. The lowest BCUT2D eigenvalue weighted by atomic mass is 10.5. The van der Waals surface area contributed by atoms with E-state index in [1.54, 1.807) is 0 Å². The Kier molecular flexibility index (Phi) is 5.08. The van der Waals surface area contributed by atoms with Gasteiger partial charge in [-0.15, -0.1) is 10.2 Å². The molecule has 0 aromatic carbocycles. The largest absolute Gasteiger partial charge is 0.408 e. The second-order valence-electron chi connectivity index (χ2n) is 2.55. The monoisotopic (exact) mass is 299 g/mol. The molecular weight excluding hydrogens is 294 g/mol. The molecule has 0 radical (unpaired) electrons. The number of rotatable bonds is 5. The van der Waals surface area contributed by atoms with Gasteiger partial charge in [-0.3, -0.25) is 9.35 Å². The average molecular weight is 300 g/mol. The molecule has 1 heterocycles. The minimum absolute atomic E-state index is 0.159. The molecule has 1 rings (SSSR count). The first kappa shape index (κ1) is 14.1. The van der Waals surface area contributed by atoms with E-state index in [2.05, 4.69) is 19.1 Å². The van der Waals surface area contributed by atoms with Crippen molar-refractivity contribution in [1.29, 1.82) is 0 Å². The number of carbonyl (C=O) groups is 1. The number of hydrogen-bond donors (Lipinski definition) is 2. The molecule has 2 N–H and O–H groups in total. The van der Waals surface area contributed by atoms with E-state index in [0.717, 1.165) is 0 Å². The first-order valence-electron chi connectivity index (χ1n) is 3.94. The summed E-state index contributed by atoms with van der Waals surface area (Å²) in [5.41, 5.74) is 0. The average Bonchev–Trinajstić information content (AvgIpc) is 2.19. The van der Waals surface area contributed by atoms with Crippen molar-refractivity contribution >= 4 is 45.8 Å². The lowest BCUT2D eigenvalue weighted by Crippen LogP contribution is -2.16. The Hall–Kier alpha value is -0.940. The third-order valence-electron chi connectivity index (χ3n) is 1.22. The van der Waals surface area contributed by atoms with Crippen LogP contribution in [-0.2, 0) is 18.8 Å². The molecule has 11 heteroatoms. The van der Waals surface area contributed by atoms with Gasteiger partial charge in [-0.2, -0.15) is 12.0 Å². The van der Waals surface area contributed by atoms with Gasteiger partial charge in [-0.05, 0) is 12.1 Å². The lowest BCUT2D eigenvalue weighted by Gasteiger charge is -2.02. The minimum Gasteiger partial charge on any atom is -0.308 e. The number of nitrogens with zero attached hydrogens (tertiary/aromatic N) is 2. The van der Waals surface area contributed by atoms with E-state index in [4.69, 9.17) is 16.2 Å². The maximum absolute atomic E-state index is 11.2. The van der Waals surface area contributed by atoms with Crippen LogP contribution in [0, 0.1) is 0 Å². The zero-order valence-corrected chi connectivity index (χ0v) is 10.4. The second kappa shape index (κ2) is 6.12. The molecule has 1 aromatic rings. The maximum Gasteiger partial charge on any atom is 0.408 e. The zero-order valence-electron chi connectivity index (χ0n) is 8.03. The Morgan fingerprint density at radius 3 is 2.76 bits per heavy atom. The van der Waals surface area contributed by atoms with Crippen LogP contribution in [0.25, 0.3) is 0 Å². The molecule has 0 aliphatic rings. The molecule has 17 heavy (non-hydrogen) atoms. The highest BCUT2D eigenvalue weighted by Crippen LogP contribution is 2.09. The Bertz CT molecular complexity index is 491. The van der Waals surface area contributed by atoms with E-state index in [9.17, 15) is 13.2 Å². The molecule has 0 aliphatic heterocycles. The lowest BCUT2D eigenvalue weighted by molar-refractivity contribution is -0.113. The molecule has 0 aliphatic carbocycles. The summed E-state index contributed by atoms with van der Waals surface area (Å²) in [7, 11) is -4.56. The first-order valence-corrected chi connectivity index (χ1v) is 6.60. The van der Waals surface area contributed by atoms with Crippen molar-refractivity contribution in [2.45, 2.75) is 0 Å². The number of amides is 1. The maximum atomic E-state index is 11.2. The number of anilines is 1. The van der Waals surface area contributed by atoms with Crippen LogP contribution in [0.1, 0.15) is 0 Å². The quantitative estimate of drug-likeness (QED) is 0.597. The molecule has 0 saturated heterocycles. The third kappa shape index (κ3) is 6.38. The van der Waals surface area contributed by atoms with Gasteiger partial charge < -0.3 is 5.32 Å². The summed E-state index contributed by atoms with van der Waals surface area (Å²) in [5.74, 6) is -0.758. The fourth-order valence-electron chi connectivity index (χ4n) is 0.700. The fourth-order valence-corrected chi connectivity index (χ4v) is 1.66. The van der Waals surface area contributed by atoms with Crippen LogP contribution in [0.4, 0.5) is 5.82 Å². The van der Waals surface area contributed by atoms with E-state index < -0.39 is 16.3 Å². The predicted molar refractivity (Wildman–Crippen MR) is 60.8 cm³/mol. The predicted octanol–water partition coefficient (Wildman–Crippen LogP) is 0.536. The Morgan fingerprint density at radius 2 is 2.24 bits per heavy atom.